The van der Waals surface area contributed by atoms with Gasteiger partial charge in [-0.15, -0.1) is 0 Å². The molecule has 2 nitrogen and oxygen atoms in total. The Morgan fingerprint density at radius 2 is 2.21 bits per heavy atom. The van der Waals surface area contributed by atoms with Gasteiger partial charge in [-0.05, 0) is 38.7 Å². The molecule has 1 amide bonds. The summed E-state index contributed by atoms with van der Waals surface area (Å²) >= 11 is 0. The SMILES string of the molecule is CC=CC(=O)N1CC(CC)CCC1C. The molecule has 1 heterocycles. The molecule has 1 rings (SSSR count). The highest BCUT2D eigenvalue weighted by Crippen LogP contribution is 2.24. The molecule has 0 spiro atoms. The summed E-state index contributed by atoms with van der Waals surface area (Å²) in [6.45, 7) is 7.19. The lowest BCUT2D eigenvalue weighted by atomic mass is 9.91. The smallest absolute Gasteiger partial charge is 0.246 e. The lowest BCUT2D eigenvalue weighted by Gasteiger charge is -2.37. The second kappa shape index (κ2) is 5.18. The number of hydrogen-bond donors (Lipinski definition) is 0. The molecule has 0 aromatic rings. The van der Waals surface area contributed by atoms with Crippen molar-refractivity contribution in [2.24, 2.45) is 5.92 Å². The predicted molar refractivity (Wildman–Crippen MR) is 59.0 cm³/mol. The Labute approximate surface area is 87.0 Å². The van der Waals surface area contributed by atoms with Gasteiger partial charge in [-0.2, -0.15) is 0 Å². The third-order valence-electron chi connectivity index (χ3n) is 3.15. The highest BCUT2D eigenvalue weighted by atomic mass is 16.2. The number of piperidine rings is 1. The monoisotopic (exact) mass is 195 g/mol. The molecule has 1 saturated heterocycles. The number of likely N-dealkylation sites (tertiary alicyclic amines) is 1. The average molecular weight is 195 g/mol. The van der Waals surface area contributed by atoms with E-state index < -0.39 is 0 Å². The van der Waals surface area contributed by atoms with Gasteiger partial charge in [0.15, 0.2) is 0 Å². The zero-order valence-electron chi connectivity index (χ0n) is 9.49. The van der Waals surface area contributed by atoms with Crippen LogP contribution in [0.2, 0.25) is 0 Å². The van der Waals surface area contributed by atoms with E-state index in [1.165, 1.54) is 12.8 Å². The molecule has 1 fully saturated rings. The van der Waals surface area contributed by atoms with Crippen molar-refractivity contribution in [3.63, 3.8) is 0 Å². The van der Waals surface area contributed by atoms with Crippen LogP contribution in [0, 0.1) is 5.92 Å². The van der Waals surface area contributed by atoms with E-state index in [4.69, 9.17) is 0 Å². The number of carbonyl (C=O) groups excluding carboxylic acids is 1. The van der Waals surface area contributed by atoms with E-state index in [0.717, 1.165) is 13.0 Å². The minimum atomic E-state index is 0.179. The molecule has 0 radical (unpaired) electrons. The zero-order valence-corrected chi connectivity index (χ0v) is 9.49. The number of amides is 1. The van der Waals surface area contributed by atoms with Crippen molar-refractivity contribution >= 4 is 5.91 Å². The fourth-order valence-corrected chi connectivity index (χ4v) is 2.06. The summed E-state index contributed by atoms with van der Waals surface area (Å²) in [4.78, 5) is 13.7. The Hall–Kier alpha value is -0.790. The van der Waals surface area contributed by atoms with Crippen molar-refractivity contribution in [2.75, 3.05) is 6.54 Å². The van der Waals surface area contributed by atoms with Crippen LogP contribution in [0.4, 0.5) is 0 Å². The van der Waals surface area contributed by atoms with E-state index in [0.29, 0.717) is 12.0 Å². The molecule has 0 N–H and O–H groups in total. The quantitative estimate of drug-likeness (QED) is 0.620. The summed E-state index contributed by atoms with van der Waals surface area (Å²) in [6, 6.07) is 0.418. The van der Waals surface area contributed by atoms with Crippen LogP contribution in [-0.2, 0) is 4.79 Å². The van der Waals surface area contributed by atoms with Crippen molar-refractivity contribution in [1.82, 2.24) is 4.90 Å². The van der Waals surface area contributed by atoms with Crippen LogP contribution >= 0.6 is 0 Å². The van der Waals surface area contributed by atoms with Gasteiger partial charge in [0.05, 0.1) is 0 Å². The first kappa shape index (κ1) is 11.3. The van der Waals surface area contributed by atoms with Crippen LogP contribution in [0.25, 0.3) is 0 Å². The van der Waals surface area contributed by atoms with E-state index in [2.05, 4.69) is 13.8 Å². The van der Waals surface area contributed by atoms with Gasteiger partial charge in [0.2, 0.25) is 5.91 Å². The highest BCUT2D eigenvalue weighted by Gasteiger charge is 2.26. The molecule has 0 aliphatic carbocycles. The Morgan fingerprint density at radius 1 is 1.50 bits per heavy atom. The first-order valence-electron chi connectivity index (χ1n) is 5.62. The van der Waals surface area contributed by atoms with Crippen molar-refractivity contribution in [3.8, 4) is 0 Å². The topological polar surface area (TPSA) is 20.3 Å². The third-order valence-corrected chi connectivity index (χ3v) is 3.15. The number of nitrogens with zero attached hydrogens (tertiary/aromatic N) is 1. The predicted octanol–water partition coefficient (Wildman–Crippen LogP) is 2.60. The molecule has 1 aliphatic rings. The molecule has 0 aromatic carbocycles. The molecule has 14 heavy (non-hydrogen) atoms. The second-order valence-electron chi connectivity index (χ2n) is 4.19. The van der Waals surface area contributed by atoms with Crippen LogP contribution < -0.4 is 0 Å². The Balaban J connectivity index is 2.60. The number of rotatable bonds is 2. The van der Waals surface area contributed by atoms with Crippen LogP contribution in [0.15, 0.2) is 12.2 Å². The van der Waals surface area contributed by atoms with Gasteiger partial charge in [0.25, 0.3) is 0 Å². The standard InChI is InChI=1S/C12H21NO/c1-4-6-12(14)13-9-11(5-2)8-7-10(13)3/h4,6,10-11H,5,7-9H2,1-3H3. The van der Waals surface area contributed by atoms with Gasteiger partial charge in [-0.25, -0.2) is 0 Å². The van der Waals surface area contributed by atoms with E-state index in [9.17, 15) is 4.79 Å². The fourth-order valence-electron chi connectivity index (χ4n) is 2.06. The van der Waals surface area contributed by atoms with Crippen LogP contribution in [0.1, 0.15) is 40.0 Å². The maximum Gasteiger partial charge on any atom is 0.246 e. The van der Waals surface area contributed by atoms with Gasteiger partial charge in [0, 0.05) is 12.6 Å². The van der Waals surface area contributed by atoms with Gasteiger partial charge < -0.3 is 4.90 Å². The van der Waals surface area contributed by atoms with E-state index >= 15 is 0 Å². The summed E-state index contributed by atoms with van der Waals surface area (Å²) < 4.78 is 0. The first-order valence-corrected chi connectivity index (χ1v) is 5.62. The Morgan fingerprint density at radius 3 is 2.79 bits per heavy atom. The minimum Gasteiger partial charge on any atom is -0.336 e. The van der Waals surface area contributed by atoms with Crippen molar-refractivity contribution in [3.05, 3.63) is 12.2 Å². The van der Waals surface area contributed by atoms with Crippen LogP contribution in [0.3, 0.4) is 0 Å². The van der Waals surface area contributed by atoms with Gasteiger partial charge >= 0.3 is 0 Å². The van der Waals surface area contributed by atoms with Crippen LogP contribution in [-0.4, -0.2) is 23.4 Å². The van der Waals surface area contributed by atoms with E-state index in [1.807, 2.05) is 17.9 Å². The molecule has 0 bridgehead atoms. The van der Waals surface area contributed by atoms with Crippen molar-refractivity contribution < 1.29 is 4.79 Å². The number of allylic oxidation sites excluding steroid dienone is 1. The fraction of sp³-hybridized carbons (Fsp3) is 0.750. The maximum absolute atomic E-state index is 11.7. The molecule has 0 saturated carbocycles. The normalized spacial score (nSPS) is 28.4. The maximum atomic E-state index is 11.7. The summed E-state index contributed by atoms with van der Waals surface area (Å²) in [6.07, 6.45) is 7.12. The average Bonchev–Trinajstić information content (AvgIpc) is 2.19. The van der Waals surface area contributed by atoms with Crippen LogP contribution in [0.5, 0.6) is 0 Å². The highest BCUT2D eigenvalue weighted by molar-refractivity contribution is 5.87. The summed E-state index contributed by atoms with van der Waals surface area (Å²) in [5, 5.41) is 0. The Kier molecular flexibility index (Phi) is 4.18. The molecule has 2 unspecified atom stereocenters. The minimum absolute atomic E-state index is 0.179. The summed E-state index contributed by atoms with van der Waals surface area (Å²) in [5.74, 6) is 0.888. The molecule has 2 heteroatoms. The van der Waals surface area contributed by atoms with Gasteiger partial charge in [-0.3, -0.25) is 4.79 Å². The van der Waals surface area contributed by atoms with E-state index in [1.54, 1.807) is 6.08 Å². The zero-order chi connectivity index (χ0) is 10.6. The lowest BCUT2D eigenvalue weighted by molar-refractivity contribution is -0.130. The third kappa shape index (κ3) is 2.60. The second-order valence-corrected chi connectivity index (χ2v) is 4.19. The van der Waals surface area contributed by atoms with Gasteiger partial charge in [-0.1, -0.05) is 19.4 Å². The number of carbonyl (C=O) groups is 1. The lowest BCUT2D eigenvalue weighted by Crippen LogP contribution is -2.44. The largest absolute Gasteiger partial charge is 0.336 e. The summed E-state index contributed by atoms with van der Waals surface area (Å²) in [5.41, 5.74) is 0. The Bertz CT molecular complexity index is 222. The first-order chi connectivity index (χ1) is 6.69. The molecule has 80 valence electrons. The van der Waals surface area contributed by atoms with Crippen molar-refractivity contribution in [2.45, 2.75) is 46.1 Å². The molecular formula is C12H21NO. The van der Waals surface area contributed by atoms with E-state index in [-0.39, 0.29) is 5.91 Å². The molecular weight excluding hydrogens is 174 g/mol. The molecule has 2 atom stereocenters. The van der Waals surface area contributed by atoms with Gasteiger partial charge in [0.1, 0.15) is 0 Å². The van der Waals surface area contributed by atoms with Crippen molar-refractivity contribution in [1.29, 1.82) is 0 Å². The number of hydrogen-bond acceptors (Lipinski definition) is 1. The molecule has 0 aromatic heterocycles. The molecule has 1 aliphatic heterocycles. The summed E-state index contributed by atoms with van der Waals surface area (Å²) in [7, 11) is 0.